The van der Waals surface area contributed by atoms with E-state index in [-0.39, 0.29) is 24.4 Å². The number of aliphatic hydroxyl groups is 6. The number of carboxylic acids is 1. The molecule has 33 nitrogen and oxygen atoms in total. The Morgan fingerprint density at radius 1 is 0.755 bits per heavy atom. The minimum Gasteiger partial charge on any atom is -0.508 e. The Kier molecular flexibility index (Phi) is 18.6. The molecule has 0 aliphatic carbocycles. The van der Waals surface area contributed by atoms with Crippen LogP contribution < -0.4 is 62.9 Å². The molecule has 36 heteroatoms. The van der Waals surface area contributed by atoms with E-state index in [0.717, 1.165) is 72.8 Å². The third kappa shape index (κ3) is 16.3. The number of fused-ring (bicyclic) bond motifs is 15. The van der Waals surface area contributed by atoms with Gasteiger partial charge in [-0.15, -0.1) is 12.4 Å². The first-order chi connectivity index (χ1) is 52.7. The number of aromatic hydroxyl groups is 3. The quantitative estimate of drug-likeness (QED) is 0.0764. The van der Waals surface area contributed by atoms with Crippen molar-refractivity contribution < 1.29 is 136 Å². The lowest BCUT2D eigenvalue weighted by Crippen LogP contribution is -2.64. The number of rotatable bonds is 13. The van der Waals surface area contributed by atoms with Crippen molar-refractivity contribution in [2.75, 3.05) is 13.6 Å². The second kappa shape index (κ2) is 31.4. The van der Waals surface area contributed by atoms with Crippen molar-refractivity contribution in [3.63, 3.8) is 0 Å². The molecule has 0 radical (unpaired) electrons. The number of phenols is 3. The van der Waals surface area contributed by atoms with Gasteiger partial charge >= 0.3 is 5.97 Å². The van der Waals surface area contributed by atoms with Gasteiger partial charge in [0.05, 0.1) is 42.7 Å². The standard InChI is InChI=1S/C66H75Cl2N9O24.ClH/c1-23(2)12-34(71-5)58(88)76-49-51(83)26-7-10-38(32(67)14-26)97-40-16-28-17-41(55(40)101-65-56(54(86)53(85)42(22-78)99-65)100-44-21-66(4,70)57(87)24(3)96-44)98-39-11-8-27(15-33(39)68)52(84)50-63(93)75-48(64(94)95)31-18-29(79)19-37(81)45(31)30-13-25(6-9-36(30)80)46(60(90)77-50)74-61(91)47(28)73-59(89)35(20-43(69)82)72-62(49)92;/h6-11,13-19,23-24,34-35,42,44,46-54,56-57,65,71,78-81,83-87H,12,20-22,70H2,1-5H3,(H2,69,82)(H,72,92)(H,73,89)(H,74,91)(H,75,93)(H,76,88)(H,77,90)(H,94,95);1H/t24-,34?,35-,42+,44-,46+,47+,48-,49+,50-,51+,52+,53+,54-,56+,57+,65-,66-;/m0./s1/i1D3,2D3,5D3,12D2,23D,34D;. The van der Waals surface area contributed by atoms with Crippen molar-refractivity contribution in [3.05, 3.63) is 117 Å². The van der Waals surface area contributed by atoms with E-state index in [2.05, 4.69) is 21.3 Å². The SMILES string of the molecule is Cl.[2H]C([2H])([2H])NC([2H])(C(=O)N[C@H]1C(=O)N[C@@H](CC(N)=O)C(=O)N[C@H]2C(=O)N[C@H]3C(=O)N[C@H](C(=O)N[C@H](C(=O)O)c4cc(O)cc(O)c4-c4cc3ccc4O)[C@H](O)c3ccc(c(Cl)c3)Oc3cc2cc(c3O[C@@H]2O[C@H](CO)[C@@H](O)[C@H](O)[C@H]2O[C@H]2C[C@](C)(N)[C@H](O)[C@H](C)O2)Oc2ccc(cc2Cl)[C@H]1O)C([2H])([2H])C([2H])(C([2H])([2H])[2H])C([2H])([2H])[2H]. The molecule has 0 spiro atoms. The summed E-state index contributed by atoms with van der Waals surface area (Å²) in [5, 5.41) is 127. The number of carbonyl (C=O) groups is 8. The fraction of sp³-hybridized carbons (Fsp3) is 0.424. The molecule has 11 bridgehead atoms. The Morgan fingerprint density at radius 2 is 1.37 bits per heavy atom. The lowest BCUT2D eigenvalue weighted by atomic mass is 9.86. The van der Waals surface area contributed by atoms with Gasteiger partial charge in [0.1, 0.15) is 89.5 Å². The molecule has 5 aromatic rings. The van der Waals surface area contributed by atoms with Gasteiger partial charge in [-0.1, -0.05) is 55.1 Å². The maximum absolute atomic E-state index is 16.1. The second-order valence-corrected chi connectivity index (χ2v) is 25.0. The molecule has 7 aliphatic heterocycles. The van der Waals surface area contributed by atoms with E-state index in [4.69, 9.17) is 79.5 Å². The van der Waals surface area contributed by atoms with Crippen LogP contribution in [0.1, 0.15) is 123 Å². The average Bonchev–Trinajstić information content (AvgIpc) is 0.699. The molecule has 21 N–H and O–H groups in total. The summed E-state index contributed by atoms with van der Waals surface area (Å²) in [7, 11) is 0. The minimum atomic E-state index is -4.78. The van der Waals surface area contributed by atoms with Crippen LogP contribution in [0.25, 0.3) is 11.1 Å². The largest absolute Gasteiger partial charge is 0.508 e. The molecule has 2 fully saturated rings. The first kappa shape index (κ1) is 60.7. The number of benzene rings is 5. The third-order valence-corrected chi connectivity index (χ3v) is 17.6. The van der Waals surface area contributed by atoms with Crippen molar-refractivity contribution in [2.45, 2.75) is 156 Å². The smallest absolute Gasteiger partial charge is 0.330 e. The summed E-state index contributed by atoms with van der Waals surface area (Å²) in [5.41, 5.74) is 6.60. The number of primary amides is 1. The van der Waals surface area contributed by atoms with Crippen LogP contribution in [0.4, 0.5) is 0 Å². The van der Waals surface area contributed by atoms with Gasteiger partial charge in [-0.2, -0.15) is 0 Å². The zero-order chi connectivity index (χ0) is 84.7. The monoisotopic (exact) mass is 1500 g/mol. The Labute approximate surface area is 614 Å². The number of hydrogen-bond donors (Lipinski definition) is 19. The summed E-state index contributed by atoms with van der Waals surface area (Å²) in [5.74, 6) is -25.2. The summed E-state index contributed by atoms with van der Waals surface area (Å²) >= 11 is 14.0. The average molecular weight is 1500 g/mol. The Hall–Kier alpha value is -8.91. The molecule has 12 rings (SSSR count). The van der Waals surface area contributed by atoms with E-state index in [0.29, 0.717) is 6.07 Å². The number of hydrogen-bond acceptors (Lipinski definition) is 25. The van der Waals surface area contributed by atoms with Crippen molar-refractivity contribution in [1.82, 2.24) is 37.2 Å². The first-order valence-electron chi connectivity index (χ1n) is 36.8. The minimum absolute atomic E-state index is 0. The van der Waals surface area contributed by atoms with Crippen molar-refractivity contribution >= 4 is 82.9 Å². The van der Waals surface area contributed by atoms with E-state index in [1.165, 1.54) is 19.2 Å². The van der Waals surface area contributed by atoms with Crippen molar-refractivity contribution in [1.29, 1.82) is 0 Å². The number of amides is 7. The molecule has 5 aromatic carbocycles. The first-order valence-corrected chi connectivity index (χ1v) is 31.1. The van der Waals surface area contributed by atoms with E-state index < -0.39 is 292 Å². The molecule has 102 heavy (non-hydrogen) atoms. The number of aliphatic carboxylic acids is 1. The normalized spacial score (nSPS) is 32.0. The zero-order valence-electron chi connectivity index (χ0n) is 65.9. The van der Waals surface area contributed by atoms with Gasteiger partial charge in [0, 0.05) is 51.2 Å². The number of likely N-dealkylation sites (N-methyl/N-ethyl adjacent to an activating group) is 1. The van der Waals surface area contributed by atoms with Crippen LogP contribution in [0.3, 0.4) is 0 Å². The van der Waals surface area contributed by atoms with Gasteiger partial charge in [-0.25, -0.2) is 4.79 Å². The molecule has 0 saturated carbocycles. The molecule has 2 saturated heterocycles. The summed E-state index contributed by atoms with van der Waals surface area (Å²) in [6.45, 7) is -11.0. The lowest BCUT2D eigenvalue weighted by Gasteiger charge is -2.47. The third-order valence-electron chi connectivity index (χ3n) is 17.0. The molecule has 18 atom stereocenters. The van der Waals surface area contributed by atoms with Gasteiger partial charge in [0.15, 0.2) is 29.9 Å². The molecular formula is C66H76Cl3N9O24. The molecule has 7 aliphatic rings. The Morgan fingerprint density at radius 3 is 1.97 bits per heavy atom. The number of aliphatic hydroxyl groups excluding tert-OH is 6. The predicted molar refractivity (Wildman–Crippen MR) is 357 cm³/mol. The van der Waals surface area contributed by atoms with E-state index in [9.17, 15) is 71.6 Å². The topological polar surface area (TPSA) is 530 Å². The molecule has 7 heterocycles. The number of nitrogens with one attached hydrogen (secondary N) is 7. The highest BCUT2D eigenvalue weighted by Gasteiger charge is 2.51. The van der Waals surface area contributed by atoms with Gasteiger partial charge in [0.25, 0.3) is 0 Å². The van der Waals surface area contributed by atoms with E-state index in [1.807, 2.05) is 5.32 Å². The maximum Gasteiger partial charge on any atom is 0.330 e. The Bertz CT molecular complexity index is 4640. The van der Waals surface area contributed by atoms with Crippen LogP contribution in [0.15, 0.2) is 78.9 Å². The summed E-state index contributed by atoms with van der Waals surface area (Å²) in [6, 6.07) is -8.39. The summed E-state index contributed by atoms with van der Waals surface area (Å²) in [6.07, 6.45) is -25.7. The van der Waals surface area contributed by atoms with Crippen molar-refractivity contribution in [3.8, 4) is 57.1 Å². The molecule has 0 aromatic heterocycles. The van der Waals surface area contributed by atoms with Crippen LogP contribution in [-0.2, 0) is 52.6 Å². The highest BCUT2D eigenvalue weighted by molar-refractivity contribution is 6.32. The van der Waals surface area contributed by atoms with Gasteiger partial charge in [0.2, 0.25) is 53.4 Å². The number of nitrogens with two attached hydrogens (primary N) is 2. The molecule has 550 valence electrons. The summed E-state index contributed by atoms with van der Waals surface area (Å²) < 4.78 is 146. The number of carbonyl (C=O) groups excluding carboxylic acids is 7. The second-order valence-electron chi connectivity index (χ2n) is 24.2. The number of carboxylic acid groups (broad SMARTS) is 1. The van der Waals surface area contributed by atoms with E-state index in [1.54, 1.807) is 5.32 Å². The van der Waals surface area contributed by atoms with E-state index >= 15 is 19.2 Å². The molecule has 1 unspecified atom stereocenters. The van der Waals surface area contributed by atoms with Crippen molar-refractivity contribution in [2.24, 2.45) is 17.4 Å². The van der Waals surface area contributed by atoms with Crippen LogP contribution in [0.5, 0.6) is 46.0 Å². The summed E-state index contributed by atoms with van der Waals surface area (Å²) in [4.78, 5) is 119. The molecular weight excluding hydrogens is 1410 g/mol. The number of ether oxygens (including phenoxy) is 6. The van der Waals surface area contributed by atoms with Gasteiger partial charge < -0.3 is 128 Å². The predicted octanol–water partition coefficient (Wildman–Crippen LogP) is 0.528. The fourth-order valence-corrected chi connectivity index (χ4v) is 12.4. The lowest BCUT2D eigenvalue weighted by molar-refractivity contribution is -0.333. The van der Waals surface area contributed by atoms with Gasteiger partial charge in [-0.05, 0) is 110 Å². The van der Waals surface area contributed by atoms with Crippen LogP contribution in [0, 0.1) is 5.89 Å². The van der Waals surface area contributed by atoms with Crippen LogP contribution >= 0.6 is 35.6 Å². The fourth-order valence-electron chi connectivity index (χ4n) is 11.9. The highest BCUT2D eigenvalue weighted by atomic mass is 35.5. The maximum atomic E-state index is 16.1. The Balaban J connectivity index is 0.0000151. The molecule has 7 amide bonds. The highest BCUT2D eigenvalue weighted by Crippen LogP contribution is 2.50. The number of halogens is 3. The van der Waals surface area contributed by atoms with Crippen LogP contribution in [-0.4, -0.2) is 191 Å². The van der Waals surface area contributed by atoms with Gasteiger partial charge in [-0.3, -0.25) is 33.6 Å². The number of phenolic OH excluding ortho intramolecular Hbond substituents is 3. The zero-order valence-corrected chi connectivity index (χ0v) is 55.2. The van der Waals surface area contributed by atoms with Crippen LogP contribution in [0.2, 0.25) is 10.0 Å².